The molecule has 0 aliphatic carbocycles. The number of aryl methyl sites for hydroxylation is 1. The van der Waals surface area contributed by atoms with E-state index in [-0.39, 0.29) is 0 Å². The number of hydrogen-bond acceptors (Lipinski definition) is 4. The molecule has 6 heteroatoms. The maximum absolute atomic E-state index is 4.90. The SMILES string of the molecule is CSc1nc(-c2c(-c3cccc(Br)c3)ncn2C)cc2sccc12. The fourth-order valence-corrected chi connectivity index (χ4v) is 4.67. The minimum atomic E-state index is 0.953. The van der Waals surface area contributed by atoms with Gasteiger partial charge in [0.25, 0.3) is 0 Å². The van der Waals surface area contributed by atoms with E-state index in [9.17, 15) is 0 Å². The van der Waals surface area contributed by atoms with Crippen LogP contribution in [0, 0.1) is 0 Å². The van der Waals surface area contributed by atoms with Crippen LogP contribution in [0.4, 0.5) is 0 Å². The normalized spacial score (nSPS) is 11.3. The van der Waals surface area contributed by atoms with Gasteiger partial charge in [-0.3, -0.25) is 0 Å². The average Bonchev–Trinajstić information content (AvgIpc) is 3.20. The van der Waals surface area contributed by atoms with E-state index in [0.29, 0.717) is 0 Å². The Kier molecular flexibility index (Phi) is 4.20. The first-order valence-electron chi connectivity index (χ1n) is 7.37. The number of nitrogens with zero attached hydrogens (tertiary/aromatic N) is 3. The number of thioether (sulfide) groups is 1. The van der Waals surface area contributed by atoms with Gasteiger partial charge in [0.1, 0.15) is 5.03 Å². The van der Waals surface area contributed by atoms with E-state index in [2.05, 4.69) is 56.8 Å². The van der Waals surface area contributed by atoms with Gasteiger partial charge in [-0.15, -0.1) is 23.1 Å². The third-order valence-electron chi connectivity index (χ3n) is 3.89. The zero-order valence-corrected chi connectivity index (χ0v) is 16.4. The number of imidazole rings is 1. The van der Waals surface area contributed by atoms with Crippen LogP contribution in [0.2, 0.25) is 0 Å². The molecule has 0 aliphatic rings. The van der Waals surface area contributed by atoms with Crippen LogP contribution in [-0.4, -0.2) is 20.8 Å². The second-order valence-corrected chi connectivity index (χ2v) is 8.07. The number of halogens is 1. The van der Waals surface area contributed by atoms with Gasteiger partial charge >= 0.3 is 0 Å². The summed E-state index contributed by atoms with van der Waals surface area (Å²) < 4.78 is 4.34. The van der Waals surface area contributed by atoms with Gasteiger partial charge in [-0.2, -0.15) is 0 Å². The first-order chi connectivity index (χ1) is 11.7. The van der Waals surface area contributed by atoms with Crippen LogP contribution in [0.1, 0.15) is 0 Å². The molecule has 0 saturated carbocycles. The van der Waals surface area contributed by atoms with Gasteiger partial charge < -0.3 is 4.57 Å². The molecule has 0 saturated heterocycles. The molecule has 0 bridgehead atoms. The molecule has 120 valence electrons. The van der Waals surface area contributed by atoms with E-state index < -0.39 is 0 Å². The van der Waals surface area contributed by atoms with Crippen LogP contribution in [0.25, 0.3) is 32.7 Å². The van der Waals surface area contributed by atoms with Gasteiger partial charge in [0.2, 0.25) is 0 Å². The van der Waals surface area contributed by atoms with Crippen molar-refractivity contribution in [3.8, 4) is 22.6 Å². The molecule has 0 fully saturated rings. The Labute approximate surface area is 156 Å². The van der Waals surface area contributed by atoms with Gasteiger partial charge in [-0.25, -0.2) is 9.97 Å². The largest absolute Gasteiger partial charge is 0.332 e. The van der Waals surface area contributed by atoms with Crippen molar-refractivity contribution in [2.75, 3.05) is 6.26 Å². The Morgan fingerprint density at radius 1 is 1.21 bits per heavy atom. The second-order valence-electron chi connectivity index (χ2n) is 5.41. The molecule has 3 heterocycles. The lowest BCUT2D eigenvalue weighted by Gasteiger charge is -2.09. The summed E-state index contributed by atoms with van der Waals surface area (Å²) in [6.45, 7) is 0. The predicted octanol–water partition coefficient (Wildman–Crippen LogP) is 5.85. The maximum Gasteiger partial charge on any atom is 0.105 e. The summed E-state index contributed by atoms with van der Waals surface area (Å²) in [6, 6.07) is 12.5. The molecule has 0 unspecified atom stereocenters. The Morgan fingerprint density at radius 3 is 2.88 bits per heavy atom. The Balaban J connectivity index is 1.96. The molecule has 24 heavy (non-hydrogen) atoms. The second kappa shape index (κ2) is 6.35. The number of benzene rings is 1. The number of fused-ring (bicyclic) bond motifs is 1. The van der Waals surface area contributed by atoms with E-state index in [4.69, 9.17) is 4.98 Å². The van der Waals surface area contributed by atoms with Crippen molar-refractivity contribution in [1.82, 2.24) is 14.5 Å². The highest BCUT2D eigenvalue weighted by atomic mass is 79.9. The van der Waals surface area contributed by atoms with Gasteiger partial charge in [0, 0.05) is 27.2 Å². The Morgan fingerprint density at radius 2 is 2.08 bits per heavy atom. The number of hydrogen-bond donors (Lipinski definition) is 0. The summed E-state index contributed by atoms with van der Waals surface area (Å²) in [6.07, 6.45) is 3.92. The summed E-state index contributed by atoms with van der Waals surface area (Å²) in [5.74, 6) is 0. The third-order valence-corrected chi connectivity index (χ3v) is 5.94. The summed E-state index contributed by atoms with van der Waals surface area (Å²) >= 11 is 6.98. The molecule has 0 spiro atoms. The molecule has 3 nitrogen and oxygen atoms in total. The highest BCUT2D eigenvalue weighted by Gasteiger charge is 2.17. The van der Waals surface area contributed by atoms with Crippen LogP contribution in [0.15, 0.2) is 57.6 Å². The fraction of sp³-hybridized carbons (Fsp3) is 0.111. The number of rotatable bonds is 3. The molecule has 4 rings (SSSR count). The van der Waals surface area contributed by atoms with Crippen molar-refractivity contribution in [1.29, 1.82) is 0 Å². The highest BCUT2D eigenvalue weighted by Crippen LogP contribution is 2.36. The Hall–Kier alpha value is -1.63. The standard InChI is InChI=1S/C18H14BrN3S2/c1-22-10-20-16(11-4-3-5-12(19)8-11)17(22)14-9-15-13(6-7-24-15)18(21-14)23-2/h3-10H,1-2H3. The van der Waals surface area contributed by atoms with Crippen molar-refractivity contribution >= 4 is 49.1 Å². The molecule has 0 aliphatic heterocycles. The number of aromatic nitrogens is 3. The van der Waals surface area contributed by atoms with Gasteiger partial charge in [-0.05, 0) is 35.9 Å². The molecule has 0 radical (unpaired) electrons. The minimum Gasteiger partial charge on any atom is -0.332 e. The quantitative estimate of drug-likeness (QED) is 0.393. The van der Waals surface area contributed by atoms with Crippen molar-refractivity contribution < 1.29 is 0 Å². The zero-order valence-electron chi connectivity index (χ0n) is 13.2. The monoisotopic (exact) mass is 415 g/mol. The summed E-state index contributed by atoms with van der Waals surface area (Å²) in [4.78, 5) is 9.53. The van der Waals surface area contributed by atoms with Crippen LogP contribution in [-0.2, 0) is 7.05 Å². The Bertz CT molecular complexity index is 1040. The van der Waals surface area contributed by atoms with Crippen LogP contribution in [0.5, 0.6) is 0 Å². The lowest BCUT2D eigenvalue weighted by Crippen LogP contribution is -1.95. The number of pyridine rings is 1. The van der Waals surface area contributed by atoms with Crippen molar-refractivity contribution in [2.24, 2.45) is 7.05 Å². The van der Waals surface area contributed by atoms with E-state index in [1.807, 2.05) is 30.1 Å². The lowest BCUT2D eigenvalue weighted by atomic mass is 10.1. The van der Waals surface area contributed by atoms with Crippen LogP contribution < -0.4 is 0 Å². The molecule has 1 aromatic carbocycles. The van der Waals surface area contributed by atoms with E-state index >= 15 is 0 Å². The number of thiophene rings is 1. The summed E-state index contributed by atoms with van der Waals surface area (Å²) in [5, 5.41) is 4.40. The van der Waals surface area contributed by atoms with E-state index in [1.54, 1.807) is 23.1 Å². The predicted molar refractivity (Wildman–Crippen MR) is 107 cm³/mol. The van der Waals surface area contributed by atoms with Crippen molar-refractivity contribution in [3.63, 3.8) is 0 Å². The van der Waals surface area contributed by atoms with Gasteiger partial charge in [-0.1, -0.05) is 28.1 Å². The molecule has 0 N–H and O–H groups in total. The summed E-state index contributed by atoms with van der Waals surface area (Å²) in [5.41, 5.74) is 4.04. The molecular weight excluding hydrogens is 402 g/mol. The first kappa shape index (κ1) is 15.9. The molecule has 3 aromatic heterocycles. The highest BCUT2D eigenvalue weighted by molar-refractivity contribution is 9.10. The van der Waals surface area contributed by atoms with Crippen LogP contribution >= 0.6 is 39.0 Å². The van der Waals surface area contributed by atoms with E-state index in [1.165, 1.54) is 10.1 Å². The van der Waals surface area contributed by atoms with E-state index in [0.717, 1.165) is 32.1 Å². The topological polar surface area (TPSA) is 30.7 Å². The average molecular weight is 416 g/mol. The first-order valence-corrected chi connectivity index (χ1v) is 10.3. The molecule has 0 atom stereocenters. The molecule has 4 aromatic rings. The van der Waals surface area contributed by atoms with Crippen molar-refractivity contribution in [3.05, 3.63) is 52.6 Å². The summed E-state index contributed by atoms with van der Waals surface area (Å²) in [7, 11) is 2.02. The zero-order chi connectivity index (χ0) is 16.7. The smallest absolute Gasteiger partial charge is 0.105 e. The third kappa shape index (κ3) is 2.68. The van der Waals surface area contributed by atoms with Crippen LogP contribution in [0.3, 0.4) is 0 Å². The maximum atomic E-state index is 4.90. The van der Waals surface area contributed by atoms with Gasteiger partial charge in [0.05, 0.1) is 23.4 Å². The van der Waals surface area contributed by atoms with Crippen molar-refractivity contribution in [2.45, 2.75) is 5.03 Å². The lowest BCUT2D eigenvalue weighted by molar-refractivity contribution is 0.914. The molecular formula is C18H14BrN3S2. The minimum absolute atomic E-state index is 0.953. The van der Waals surface area contributed by atoms with Gasteiger partial charge in [0.15, 0.2) is 0 Å². The fourth-order valence-electron chi connectivity index (χ4n) is 2.79. The molecule has 0 amide bonds.